The number of rotatable bonds is 7. The van der Waals surface area contributed by atoms with E-state index in [4.69, 9.17) is 5.73 Å². The van der Waals surface area contributed by atoms with Crippen LogP contribution in [-0.4, -0.2) is 11.4 Å². The van der Waals surface area contributed by atoms with E-state index in [0.29, 0.717) is 0 Å². The van der Waals surface area contributed by atoms with Crippen LogP contribution in [0.1, 0.15) is 6.92 Å². The van der Waals surface area contributed by atoms with E-state index in [1.54, 1.807) is 0 Å². The molecular formula is C27H27NP2. The zero-order valence-corrected chi connectivity index (χ0v) is 19.0. The Labute approximate surface area is 182 Å². The van der Waals surface area contributed by atoms with Gasteiger partial charge in [0.25, 0.3) is 0 Å². The summed E-state index contributed by atoms with van der Waals surface area (Å²) in [5.74, 6) is 0. The first-order valence-corrected chi connectivity index (χ1v) is 13.1. The molecule has 1 nitrogen and oxygen atoms in total. The molecule has 0 radical (unpaired) electrons. The number of hydrogen-bond donors (Lipinski definition) is 1. The lowest BCUT2D eigenvalue weighted by Gasteiger charge is -2.38. The molecule has 0 aliphatic carbocycles. The Bertz CT molecular complexity index is 956. The minimum absolute atomic E-state index is 0.352. The summed E-state index contributed by atoms with van der Waals surface area (Å²) in [5.41, 5.74) is 7.25. The van der Waals surface area contributed by atoms with Gasteiger partial charge in [-0.2, -0.15) is 0 Å². The maximum absolute atomic E-state index is 7.25. The van der Waals surface area contributed by atoms with Crippen molar-refractivity contribution in [3.63, 3.8) is 0 Å². The van der Waals surface area contributed by atoms with Crippen molar-refractivity contribution in [1.82, 2.24) is 0 Å². The van der Waals surface area contributed by atoms with Gasteiger partial charge in [-0.1, -0.05) is 121 Å². The van der Waals surface area contributed by atoms with E-state index < -0.39 is 15.8 Å². The largest absolute Gasteiger partial charge is 0.321 e. The molecule has 0 fully saturated rings. The van der Waals surface area contributed by atoms with Crippen molar-refractivity contribution in [1.29, 1.82) is 0 Å². The maximum atomic E-state index is 7.25. The lowest BCUT2D eigenvalue weighted by atomic mass is 10.4. The second-order valence-corrected chi connectivity index (χ2v) is 12.6. The Balaban J connectivity index is 1.77. The summed E-state index contributed by atoms with van der Waals surface area (Å²) in [4.78, 5) is 0. The van der Waals surface area contributed by atoms with Crippen molar-refractivity contribution in [3.8, 4) is 0 Å². The molecule has 0 amide bonds. The molecule has 0 heterocycles. The van der Waals surface area contributed by atoms with Crippen LogP contribution in [0, 0.1) is 0 Å². The monoisotopic (exact) mass is 427 g/mol. The molecule has 30 heavy (non-hydrogen) atoms. The molecule has 0 saturated heterocycles. The standard InChI is InChI=1S/C27H27NP2/c1-27(28,30(25-18-10-4-11-19-25)26-20-12-5-13-21-26)22-29(23-14-6-2-7-15-23)24-16-8-3-9-17-24/h2-21H,22,28H2,1H3. The molecule has 0 saturated carbocycles. The lowest BCUT2D eigenvalue weighted by molar-refractivity contribution is 0.758. The highest BCUT2D eigenvalue weighted by Gasteiger charge is 2.35. The molecule has 0 aliphatic heterocycles. The summed E-state index contributed by atoms with van der Waals surface area (Å²) in [6.45, 7) is 2.25. The van der Waals surface area contributed by atoms with Gasteiger partial charge in [0.2, 0.25) is 0 Å². The Morgan fingerprint density at radius 1 is 0.533 bits per heavy atom. The number of hydrogen-bond acceptors (Lipinski definition) is 1. The zero-order valence-electron chi connectivity index (χ0n) is 17.2. The summed E-state index contributed by atoms with van der Waals surface area (Å²) in [5, 5.41) is 5.08. The van der Waals surface area contributed by atoms with E-state index in [0.717, 1.165) is 6.16 Å². The topological polar surface area (TPSA) is 26.0 Å². The van der Waals surface area contributed by atoms with Gasteiger partial charge in [0.05, 0.1) is 0 Å². The van der Waals surface area contributed by atoms with Crippen molar-refractivity contribution in [2.75, 3.05) is 6.16 Å². The second-order valence-electron chi connectivity index (χ2n) is 7.62. The molecule has 0 bridgehead atoms. The second kappa shape index (κ2) is 9.67. The van der Waals surface area contributed by atoms with Gasteiger partial charge in [0.1, 0.15) is 0 Å². The normalized spacial score (nSPS) is 13.3. The third-order valence-electron chi connectivity index (χ3n) is 5.15. The third-order valence-corrected chi connectivity index (χ3v) is 11.0. The van der Waals surface area contributed by atoms with Gasteiger partial charge >= 0.3 is 0 Å². The van der Waals surface area contributed by atoms with E-state index in [-0.39, 0.29) is 5.28 Å². The highest BCUT2D eigenvalue weighted by atomic mass is 31.1. The zero-order chi connectivity index (χ0) is 20.8. The first kappa shape index (κ1) is 21.0. The average molecular weight is 427 g/mol. The van der Waals surface area contributed by atoms with Gasteiger partial charge in [0.15, 0.2) is 0 Å². The highest BCUT2D eigenvalue weighted by Crippen LogP contribution is 2.50. The summed E-state index contributed by atoms with van der Waals surface area (Å²) in [6, 6.07) is 43.3. The van der Waals surface area contributed by atoms with Crippen LogP contribution >= 0.6 is 15.8 Å². The van der Waals surface area contributed by atoms with Gasteiger partial charge in [-0.15, -0.1) is 0 Å². The Hall–Kier alpha value is -2.30. The molecule has 4 aromatic carbocycles. The Morgan fingerprint density at radius 3 is 1.17 bits per heavy atom. The van der Waals surface area contributed by atoms with Crippen LogP contribution in [0.4, 0.5) is 0 Å². The molecular weight excluding hydrogens is 400 g/mol. The number of nitrogens with two attached hydrogens (primary N) is 1. The molecule has 1 atom stereocenters. The SMILES string of the molecule is CC(N)(CP(c1ccccc1)c1ccccc1)P(c1ccccc1)c1ccccc1. The lowest BCUT2D eigenvalue weighted by Crippen LogP contribution is -2.44. The summed E-state index contributed by atoms with van der Waals surface area (Å²) < 4.78 is 0. The van der Waals surface area contributed by atoms with Gasteiger partial charge in [-0.25, -0.2) is 0 Å². The van der Waals surface area contributed by atoms with E-state index >= 15 is 0 Å². The molecule has 0 spiro atoms. The van der Waals surface area contributed by atoms with Crippen LogP contribution in [0.15, 0.2) is 121 Å². The molecule has 150 valence electrons. The summed E-state index contributed by atoms with van der Waals surface area (Å²) in [7, 11) is -1.27. The minimum Gasteiger partial charge on any atom is -0.321 e. The fourth-order valence-corrected chi connectivity index (χ4v) is 9.61. The van der Waals surface area contributed by atoms with E-state index in [2.05, 4.69) is 128 Å². The highest BCUT2D eigenvalue weighted by molar-refractivity contribution is 7.77. The fourth-order valence-electron chi connectivity index (χ4n) is 3.83. The average Bonchev–Trinajstić information content (AvgIpc) is 2.80. The predicted octanol–water partition coefficient (Wildman–Crippen LogP) is 4.93. The van der Waals surface area contributed by atoms with Crippen molar-refractivity contribution in [2.45, 2.75) is 12.2 Å². The Morgan fingerprint density at radius 2 is 0.833 bits per heavy atom. The van der Waals surface area contributed by atoms with Crippen LogP contribution in [0.2, 0.25) is 0 Å². The molecule has 4 aromatic rings. The first-order chi connectivity index (χ1) is 14.6. The molecule has 1 unspecified atom stereocenters. The first-order valence-electron chi connectivity index (χ1n) is 10.2. The molecule has 4 rings (SSSR count). The van der Waals surface area contributed by atoms with E-state index in [1.165, 1.54) is 21.2 Å². The smallest absolute Gasteiger partial charge is 0.0455 e. The van der Waals surface area contributed by atoms with Crippen molar-refractivity contribution >= 4 is 37.1 Å². The minimum atomic E-state index is -0.713. The quantitative estimate of drug-likeness (QED) is 0.416. The molecule has 3 heteroatoms. The van der Waals surface area contributed by atoms with Gasteiger partial charge in [-0.05, 0) is 50.1 Å². The number of benzene rings is 4. The van der Waals surface area contributed by atoms with Gasteiger partial charge in [0, 0.05) is 5.28 Å². The Kier molecular flexibility index (Phi) is 6.76. The molecule has 0 aliphatic rings. The van der Waals surface area contributed by atoms with Gasteiger partial charge in [-0.3, -0.25) is 0 Å². The van der Waals surface area contributed by atoms with Crippen LogP contribution in [0.5, 0.6) is 0 Å². The van der Waals surface area contributed by atoms with Gasteiger partial charge < -0.3 is 5.73 Å². The van der Waals surface area contributed by atoms with Crippen molar-refractivity contribution in [3.05, 3.63) is 121 Å². The third kappa shape index (κ3) is 4.88. The van der Waals surface area contributed by atoms with Crippen molar-refractivity contribution < 1.29 is 0 Å². The fraction of sp³-hybridized carbons (Fsp3) is 0.111. The van der Waals surface area contributed by atoms with E-state index in [1.807, 2.05) is 0 Å². The van der Waals surface area contributed by atoms with Crippen molar-refractivity contribution in [2.24, 2.45) is 5.73 Å². The van der Waals surface area contributed by atoms with Crippen LogP contribution in [0.3, 0.4) is 0 Å². The predicted molar refractivity (Wildman–Crippen MR) is 136 cm³/mol. The van der Waals surface area contributed by atoms with Crippen LogP contribution in [0.25, 0.3) is 0 Å². The molecule has 2 N–H and O–H groups in total. The summed E-state index contributed by atoms with van der Waals surface area (Å²) in [6.07, 6.45) is 0.936. The summed E-state index contributed by atoms with van der Waals surface area (Å²) >= 11 is 0. The van der Waals surface area contributed by atoms with Crippen LogP contribution < -0.4 is 27.0 Å². The van der Waals surface area contributed by atoms with E-state index in [9.17, 15) is 0 Å². The maximum Gasteiger partial charge on any atom is 0.0455 e. The van der Waals surface area contributed by atoms with Crippen LogP contribution in [-0.2, 0) is 0 Å². The molecule has 0 aromatic heterocycles.